The molecule has 0 aromatic carbocycles. The zero-order valence-corrected chi connectivity index (χ0v) is 11.0. The first-order valence-corrected chi connectivity index (χ1v) is 6.94. The van der Waals surface area contributed by atoms with E-state index in [0.717, 1.165) is 39.3 Å². The summed E-state index contributed by atoms with van der Waals surface area (Å²) in [5.74, 6) is 0.333. The molecule has 0 radical (unpaired) electrons. The first-order valence-electron chi connectivity index (χ1n) is 6.94. The predicted molar refractivity (Wildman–Crippen MR) is 69.0 cm³/mol. The topological polar surface area (TPSA) is 26.8 Å². The van der Waals surface area contributed by atoms with Crippen molar-refractivity contribution in [2.24, 2.45) is 0 Å². The summed E-state index contributed by atoms with van der Waals surface area (Å²) in [4.78, 5) is 18.8. The van der Waals surface area contributed by atoms with Gasteiger partial charge in [0.1, 0.15) is 0 Å². The Kier molecular flexibility index (Phi) is 4.80. The van der Waals surface area contributed by atoms with Gasteiger partial charge in [-0.2, -0.15) is 0 Å². The first-order chi connectivity index (χ1) is 8.25. The Hall–Kier alpha value is -0.610. The summed E-state index contributed by atoms with van der Waals surface area (Å²) in [5.41, 5.74) is 0. The highest BCUT2D eigenvalue weighted by Gasteiger charge is 2.21. The van der Waals surface area contributed by atoms with E-state index in [2.05, 4.69) is 16.8 Å². The molecule has 17 heavy (non-hydrogen) atoms. The van der Waals surface area contributed by atoms with Gasteiger partial charge >= 0.3 is 0 Å². The van der Waals surface area contributed by atoms with Crippen LogP contribution in [0.3, 0.4) is 0 Å². The number of piperazine rings is 1. The molecule has 2 fully saturated rings. The second-order valence-corrected chi connectivity index (χ2v) is 5.37. The third-order valence-electron chi connectivity index (χ3n) is 3.91. The predicted octanol–water partition coefficient (Wildman–Crippen LogP) is 0.636. The maximum atomic E-state index is 12.2. The van der Waals surface area contributed by atoms with E-state index < -0.39 is 0 Å². The molecular weight excluding hydrogens is 214 g/mol. The zero-order valence-electron chi connectivity index (χ0n) is 11.0. The summed E-state index contributed by atoms with van der Waals surface area (Å²) >= 11 is 0. The molecule has 0 unspecified atom stereocenters. The van der Waals surface area contributed by atoms with E-state index in [1.54, 1.807) is 0 Å². The van der Waals surface area contributed by atoms with E-state index in [1.807, 2.05) is 4.90 Å². The van der Waals surface area contributed by atoms with Gasteiger partial charge in [0.05, 0.1) is 6.54 Å². The van der Waals surface area contributed by atoms with Crippen molar-refractivity contribution in [2.75, 3.05) is 52.9 Å². The molecule has 0 bridgehead atoms. The molecule has 2 saturated heterocycles. The summed E-state index contributed by atoms with van der Waals surface area (Å²) in [6.45, 7) is 6.71. The van der Waals surface area contributed by atoms with Gasteiger partial charge in [0.2, 0.25) is 5.91 Å². The molecule has 0 spiro atoms. The lowest BCUT2D eigenvalue weighted by molar-refractivity contribution is -0.134. The molecule has 2 aliphatic rings. The van der Waals surface area contributed by atoms with Crippen LogP contribution in [-0.4, -0.2) is 73.5 Å². The Morgan fingerprint density at radius 1 is 0.882 bits per heavy atom. The second-order valence-electron chi connectivity index (χ2n) is 5.37. The monoisotopic (exact) mass is 239 g/mol. The molecule has 98 valence electrons. The second kappa shape index (κ2) is 6.36. The summed E-state index contributed by atoms with van der Waals surface area (Å²) in [5, 5.41) is 0. The van der Waals surface area contributed by atoms with Crippen LogP contribution in [0.1, 0.15) is 25.7 Å². The van der Waals surface area contributed by atoms with Gasteiger partial charge in [-0.15, -0.1) is 0 Å². The van der Waals surface area contributed by atoms with Crippen LogP contribution in [0.25, 0.3) is 0 Å². The maximum absolute atomic E-state index is 12.2. The molecule has 0 aromatic heterocycles. The molecule has 0 aromatic rings. The lowest BCUT2D eigenvalue weighted by Crippen LogP contribution is -2.50. The Morgan fingerprint density at radius 2 is 1.47 bits per heavy atom. The zero-order chi connectivity index (χ0) is 12.1. The lowest BCUT2D eigenvalue weighted by atomic mass is 10.2. The van der Waals surface area contributed by atoms with Crippen molar-refractivity contribution >= 4 is 5.91 Å². The van der Waals surface area contributed by atoms with E-state index in [4.69, 9.17) is 0 Å². The van der Waals surface area contributed by atoms with Crippen LogP contribution in [0.15, 0.2) is 0 Å². The Bertz CT molecular complexity index is 241. The third-order valence-corrected chi connectivity index (χ3v) is 3.91. The van der Waals surface area contributed by atoms with Crippen molar-refractivity contribution < 1.29 is 4.79 Å². The molecule has 0 N–H and O–H groups in total. The Labute approximate surface area is 105 Å². The van der Waals surface area contributed by atoms with E-state index in [1.165, 1.54) is 25.7 Å². The van der Waals surface area contributed by atoms with Crippen molar-refractivity contribution in [3.05, 3.63) is 0 Å². The summed E-state index contributed by atoms with van der Waals surface area (Å²) in [6, 6.07) is 0. The quantitative estimate of drug-likeness (QED) is 0.707. The molecule has 2 rings (SSSR count). The minimum Gasteiger partial charge on any atom is -0.339 e. The lowest BCUT2D eigenvalue weighted by Gasteiger charge is -2.33. The van der Waals surface area contributed by atoms with E-state index in [0.29, 0.717) is 12.5 Å². The van der Waals surface area contributed by atoms with Gasteiger partial charge in [0, 0.05) is 26.2 Å². The molecule has 2 aliphatic heterocycles. The van der Waals surface area contributed by atoms with Crippen molar-refractivity contribution in [1.82, 2.24) is 14.7 Å². The van der Waals surface area contributed by atoms with Crippen LogP contribution in [-0.2, 0) is 4.79 Å². The number of rotatable bonds is 2. The van der Waals surface area contributed by atoms with E-state index >= 15 is 0 Å². The summed E-state index contributed by atoms with van der Waals surface area (Å²) in [6.07, 6.45) is 5.18. The normalized spacial score (nSPS) is 24.6. The number of hydrogen-bond acceptors (Lipinski definition) is 3. The third kappa shape index (κ3) is 3.96. The first kappa shape index (κ1) is 12.8. The van der Waals surface area contributed by atoms with Gasteiger partial charge in [-0.1, -0.05) is 12.8 Å². The minimum atomic E-state index is 0.333. The van der Waals surface area contributed by atoms with Crippen LogP contribution in [0.2, 0.25) is 0 Å². The molecule has 0 aliphatic carbocycles. The molecule has 0 saturated carbocycles. The molecular formula is C13H25N3O. The van der Waals surface area contributed by atoms with Gasteiger partial charge in [-0.25, -0.2) is 0 Å². The van der Waals surface area contributed by atoms with Crippen LogP contribution in [0.4, 0.5) is 0 Å². The van der Waals surface area contributed by atoms with Crippen molar-refractivity contribution in [3.8, 4) is 0 Å². The van der Waals surface area contributed by atoms with E-state index in [-0.39, 0.29) is 0 Å². The highest BCUT2D eigenvalue weighted by atomic mass is 16.2. The van der Waals surface area contributed by atoms with Crippen LogP contribution in [0, 0.1) is 0 Å². The van der Waals surface area contributed by atoms with Crippen LogP contribution in [0.5, 0.6) is 0 Å². The Morgan fingerprint density at radius 3 is 2.06 bits per heavy atom. The molecule has 4 nitrogen and oxygen atoms in total. The fourth-order valence-electron chi connectivity index (χ4n) is 2.64. The number of carbonyl (C=O) groups excluding carboxylic acids is 1. The highest BCUT2D eigenvalue weighted by Crippen LogP contribution is 2.10. The van der Waals surface area contributed by atoms with Gasteiger partial charge in [0.25, 0.3) is 0 Å². The molecule has 0 atom stereocenters. The maximum Gasteiger partial charge on any atom is 0.236 e. The SMILES string of the molecule is CN1CCN(C(=O)CN2CCCCCC2)CC1. The number of likely N-dealkylation sites (tertiary alicyclic amines) is 1. The minimum absolute atomic E-state index is 0.333. The van der Waals surface area contributed by atoms with Crippen molar-refractivity contribution in [1.29, 1.82) is 0 Å². The molecule has 4 heteroatoms. The van der Waals surface area contributed by atoms with Gasteiger partial charge in [0.15, 0.2) is 0 Å². The van der Waals surface area contributed by atoms with Gasteiger partial charge in [-0.3, -0.25) is 9.69 Å². The fraction of sp³-hybridized carbons (Fsp3) is 0.923. The van der Waals surface area contributed by atoms with E-state index in [9.17, 15) is 4.79 Å². The summed E-state index contributed by atoms with van der Waals surface area (Å²) < 4.78 is 0. The average molecular weight is 239 g/mol. The number of nitrogens with zero attached hydrogens (tertiary/aromatic N) is 3. The smallest absolute Gasteiger partial charge is 0.236 e. The molecule has 2 heterocycles. The number of carbonyl (C=O) groups is 1. The number of amides is 1. The number of likely N-dealkylation sites (N-methyl/N-ethyl adjacent to an activating group) is 1. The van der Waals surface area contributed by atoms with Gasteiger partial charge in [-0.05, 0) is 33.0 Å². The average Bonchev–Trinajstić information content (AvgIpc) is 2.58. The molecule has 1 amide bonds. The largest absolute Gasteiger partial charge is 0.339 e. The standard InChI is InChI=1S/C13H25N3O/c1-14-8-10-16(11-9-14)13(17)12-15-6-4-2-3-5-7-15/h2-12H2,1H3. The van der Waals surface area contributed by atoms with Crippen LogP contribution < -0.4 is 0 Å². The van der Waals surface area contributed by atoms with Crippen molar-refractivity contribution in [3.63, 3.8) is 0 Å². The Balaban J connectivity index is 1.75. The van der Waals surface area contributed by atoms with Crippen LogP contribution >= 0.6 is 0 Å². The van der Waals surface area contributed by atoms with Gasteiger partial charge < -0.3 is 9.80 Å². The van der Waals surface area contributed by atoms with Crippen molar-refractivity contribution in [2.45, 2.75) is 25.7 Å². The highest BCUT2D eigenvalue weighted by molar-refractivity contribution is 5.78. The summed E-state index contributed by atoms with van der Waals surface area (Å²) in [7, 11) is 2.12. The fourth-order valence-corrected chi connectivity index (χ4v) is 2.64. The number of hydrogen-bond donors (Lipinski definition) is 0.